The topological polar surface area (TPSA) is 59.2 Å². The van der Waals surface area contributed by atoms with Crippen LogP contribution < -0.4 is 5.73 Å². The van der Waals surface area contributed by atoms with Gasteiger partial charge in [0.05, 0.1) is 12.1 Å². The Morgan fingerprint density at radius 3 is 2.73 bits per heavy atom. The van der Waals surface area contributed by atoms with E-state index in [1.807, 2.05) is 10.3 Å². The number of fused-ring (bicyclic) bond motifs is 1. The molecule has 1 saturated heterocycles. The number of aryl methyl sites for hydroxylation is 1. The third kappa shape index (κ3) is 3.80. The average Bonchev–Trinajstić information content (AvgIpc) is 3.33. The van der Waals surface area contributed by atoms with E-state index >= 15 is 0 Å². The van der Waals surface area contributed by atoms with Gasteiger partial charge in [0.25, 0.3) is 0 Å². The van der Waals surface area contributed by atoms with Crippen LogP contribution in [0.15, 0.2) is 29.6 Å². The maximum atomic E-state index is 12.6. The Labute approximate surface area is 165 Å². The molecule has 2 N–H and O–H groups in total. The Hall–Kier alpha value is -1.43. The van der Waals surface area contributed by atoms with Crippen molar-refractivity contribution in [3.05, 3.63) is 40.9 Å². The predicted molar refractivity (Wildman–Crippen MR) is 109 cm³/mol. The number of carbonyl (C=O) groups excluding carboxylic acids is 1. The van der Waals surface area contributed by atoms with E-state index in [4.69, 9.17) is 5.73 Å². The van der Waals surface area contributed by atoms with E-state index in [1.54, 1.807) is 11.3 Å². The summed E-state index contributed by atoms with van der Waals surface area (Å²) in [5.74, 6) is 1.31. The summed E-state index contributed by atoms with van der Waals surface area (Å²) in [4.78, 5) is 19.3. The summed E-state index contributed by atoms with van der Waals surface area (Å²) in [6, 6.07) is 8.81. The van der Waals surface area contributed by atoms with Gasteiger partial charge in [-0.1, -0.05) is 31.2 Å². The van der Waals surface area contributed by atoms with Crippen molar-refractivity contribution in [1.82, 2.24) is 9.88 Å². The van der Waals surface area contributed by atoms with Crippen molar-refractivity contribution >= 4 is 29.7 Å². The molecule has 1 amide bonds. The number of rotatable bonds is 4. The fourth-order valence-electron chi connectivity index (χ4n) is 4.18. The highest BCUT2D eigenvalue weighted by Crippen LogP contribution is 2.37. The lowest BCUT2D eigenvalue weighted by atomic mass is 9.98. The molecule has 140 valence electrons. The molecule has 4 nitrogen and oxygen atoms in total. The lowest BCUT2D eigenvalue weighted by molar-refractivity contribution is -0.129. The average molecular weight is 392 g/mol. The number of benzene rings is 1. The van der Waals surface area contributed by atoms with E-state index in [0.29, 0.717) is 18.3 Å². The lowest BCUT2D eigenvalue weighted by Crippen LogP contribution is -2.34. The fraction of sp³-hybridized carbons (Fsp3) is 0.500. The van der Waals surface area contributed by atoms with E-state index in [0.717, 1.165) is 42.2 Å². The minimum absolute atomic E-state index is 0. The summed E-state index contributed by atoms with van der Waals surface area (Å²) in [6.45, 7) is 3.87. The summed E-state index contributed by atoms with van der Waals surface area (Å²) in [5, 5.41) is 3.01. The Kier molecular flexibility index (Phi) is 6.00. The molecule has 1 aromatic heterocycles. The maximum absolute atomic E-state index is 12.6. The fourth-order valence-corrected chi connectivity index (χ4v) is 5.01. The quantitative estimate of drug-likeness (QED) is 0.867. The van der Waals surface area contributed by atoms with Gasteiger partial charge in [-0.15, -0.1) is 23.7 Å². The molecule has 1 aliphatic heterocycles. The van der Waals surface area contributed by atoms with Crippen molar-refractivity contribution in [1.29, 1.82) is 0 Å². The molecule has 6 heteroatoms. The zero-order valence-corrected chi connectivity index (χ0v) is 16.7. The second kappa shape index (κ2) is 8.07. The zero-order valence-electron chi connectivity index (χ0n) is 15.1. The van der Waals surface area contributed by atoms with E-state index in [9.17, 15) is 4.79 Å². The van der Waals surface area contributed by atoms with Crippen molar-refractivity contribution in [3.63, 3.8) is 0 Å². The molecular formula is C20H26ClN3OS. The molecule has 1 aromatic carbocycles. The van der Waals surface area contributed by atoms with Crippen LogP contribution in [-0.4, -0.2) is 34.9 Å². The van der Waals surface area contributed by atoms with Gasteiger partial charge in [0, 0.05) is 30.1 Å². The third-order valence-corrected chi connectivity index (χ3v) is 6.70. The second-order valence-corrected chi connectivity index (χ2v) is 8.19. The highest BCUT2D eigenvalue weighted by Gasteiger charge is 2.42. The minimum atomic E-state index is 0. The zero-order chi connectivity index (χ0) is 17.4. The first-order chi connectivity index (χ1) is 12.1. The molecule has 2 fully saturated rings. The van der Waals surface area contributed by atoms with Crippen LogP contribution in [0, 0.1) is 11.8 Å². The van der Waals surface area contributed by atoms with Crippen LogP contribution in [-0.2, 0) is 17.6 Å². The van der Waals surface area contributed by atoms with Gasteiger partial charge < -0.3 is 10.6 Å². The van der Waals surface area contributed by atoms with Crippen LogP contribution in [0.4, 0.5) is 0 Å². The SMILES string of the molecule is CCc1ccc(-c2nc(CC(=O)N3CC4CCC(N)C4C3)cs2)cc1.Cl. The molecule has 4 rings (SSSR count). The first kappa shape index (κ1) is 19.3. The van der Waals surface area contributed by atoms with Crippen LogP contribution in [0.2, 0.25) is 0 Å². The molecule has 0 spiro atoms. The summed E-state index contributed by atoms with van der Waals surface area (Å²) in [7, 11) is 0. The second-order valence-electron chi connectivity index (χ2n) is 7.34. The Bertz CT molecular complexity index is 761. The Balaban J connectivity index is 0.00000196. The largest absolute Gasteiger partial charge is 0.342 e. The van der Waals surface area contributed by atoms with Crippen molar-refractivity contribution < 1.29 is 4.79 Å². The highest BCUT2D eigenvalue weighted by molar-refractivity contribution is 7.13. The number of halogens is 1. The van der Waals surface area contributed by atoms with E-state index in [-0.39, 0.29) is 24.4 Å². The third-order valence-electron chi connectivity index (χ3n) is 5.76. The van der Waals surface area contributed by atoms with Gasteiger partial charge in [-0.25, -0.2) is 4.98 Å². The standard InChI is InChI=1S/C20H25N3OS.ClH/c1-2-13-3-5-14(6-4-13)20-22-16(12-25-20)9-19(24)23-10-15-7-8-18(21)17(15)11-23;/h3-6,12,15,17-18H,2,7-11,21H2,1H3;1H. The number of nitrogens with zero attached hydrogens (tertiary/aromatic N) is 2. The Morgan fingerprint density at radius 1 is 1.27 bits per heavy atom. The molecule has 2 aromatic rings. The van der Waals surface area contributed by atoms with Crippen LogP contribution >= 0.6 is 23.7 Å². The number of aromatic nitrogens is 1. The number of carbonyl (C=O) groups is 1. The Morgan fingerprint density at radius 2 is 2.04 bits per heavy atom. The van der Waals surface area contributed by atoms with Crippen LogP contribution in [0.5, 0.6) is 0 Å². The number of likely N-dealkylation sites (tertiary alicyclic amines) is 1. The number of thiazole rings is 1. The number of hydrogen-bond acceptors (Lipinski definition) is 4. The first-order valence-corrected chi connectivity index (χ1v) is 10.1. The van der Waals surface area contributed by atoms with Crippen LogP contribution in [0.1, 0.15) is 31.0 Å². The maximum Gasteiger partial charge on any atom is 0.228 e. The molecule has 2 heterocycles. The van der Waals surface area contributed by atoms with E-state index in [2.05, 4.69) is 36.2 Å². The molecular weight excluding hydrogens is 366 g/mol. The van der Waals surface area contributed by atoms with Gasteiger partial charge in [0.1, 0.15) is 5.01 Å². The number of amides is 1. The van der Waals surface area contributed by atoms with Crippen molar-refractivity contribution in [2.75, 3.05) is 13.1 Å². The van der Waals surface area contributed by atoms with Gasteiger partial charge in [0.2, 0.25) is 5.91 Å². The summed E-state index contributed by atoms with van der Waals surface area (Å²) in [5.41, 5.74) is 9.51. The smallest absolute Gasteiger partial charge is 0.228 e. The van der Waals surface area contributed by atoms with Gasteiger partial charge in [-0.05, 0) is 36.7 Å². The number of nitrogens with two attached hydrogens (primary N) is 1. The summed E-state index contributed by atoms with van der Waals surface area (Å²) >= 11 is 1.62. The molecule has 3 atom stereocenters. The van der Waals surface area contributed by atoms with Crippen LogP contribution in [0.25, 0.3) is 10.6 Å². The molecule has 0 bridgehead atoms. The molecule has 3 unspecified atom stereocenters. The predicted octanol–water partition coefficient (Wildman–Crippen LogP) is 3.53. The number of hydrogen-bond donors (Lipinski definition) is 1. The summed E-state index contributed by atoms with van der Waals surface area (Å²) < 4.78 is 0. The molecule has 2 aliphatic rings. The summed E-state index contributed by atoms with van der Waals surface area (Å²) in [6.07, 6.45) is 3.73. The molecule has 26 heavy (non-hydrogen) atoms. The van der Waals surface area contributed by atoms with Gasteiger partial charge in [-0.3, -0.25) is 4.79 Å². The lowest BCUT2D eigenvalue weighted by Gasteiger charge is -2.18. The molecule has 1 saturated carbocycles. The minimum Gasteiger partial charge on any atom is -0.342 e. The van der Waals surface area contributed by atoms with Crippen molar-refractivity contribution in [2.45, 2.75) is 38.6 Å². The highest BCUT2D eigenvalue weighted by atomic mass is 35.5. The normalized spacial score (nSPS) is 24.4. The monoisotopic (exact) mass is 391 g/mol. The van der Waals surface area contributed by atoms with Gasteiger partial charge >= 0.3 is 0 Å². The van der Waals surface area contributed by atoms with Crippen molar-refractivity contribution in [3.8, 4) is 10.6 Å². The first-order valence-electron chi connectivity index (χ1n) is 9.21. The van der Waals surface area contributed by atoms with Crippen LogP contribution in [0.3, 0.4) is 0 Å². The van der Waals surface area contributed by atoms with Gasteiger partial charge in [0.15, 0.2) is 0 Å². The molecule has 1 aliphatic carbocycles. The van der Waals surface area contributed by atoms with Gasteiger partial charge in [-0.2, -0.15) is 0 Å². The van der Waals surface area contributed by atoms with Crippen molar-refractivity contribution in [2.24, 2.45) is 17.6 Å². The molecule has 0 radical (unpaired) electrons. The van der Waals surface area contributed by atoms with E-state index in [1.165, 1.54) is 12.0 Å². The van der Waals surface area contributed by atoms with E-state index < -0.39 is 0 Å².